The first-order valence-electron chi connectivity index (χ1n) is 8.05. The van der Waals surface area contributed by atoms with Crippen molar-refractivity contribution in [3.05, 3.63) is 0 Å². The molecule has 4 heteroatoms. The highest BCUT2D eigenvalue weighted by atomic mass is 16.5. The van der Waals surface area contributed by atoms with Crippen molar-refractivity contribution in [3.8, 4) is 0 Å². The number of nitrogens with zero attached hydrogens (tertiary/aromatic N) is 2. The van der Waals surface area contributed by atoms with Crippen LogP contribution in [0.2, 0.25) is 0 Å². The zero-order valence-corrected chi connectivity index (χ0v) is 14.0. The Balaban J connectivity index is 2.32. The maximum Gasteiger partial charge on any atom is 0.193 e. The molecule has 1 heterocycles. The number of ether oxygens (including phenoxy) is 1. The summed E-state index contributed by atoms with van der Waals surface area (Å²) in [6.07, 6.45) is 2.24. The van der Waals surface area contributed by atoms with Crippen LogP contribution in [-0.2, 0) is 4.74 Å². The van der Waals surface area contributed by atoms with E-state index in [0.29, 0.717) is 11.3 Å². The molecule has 1 N–H and O–H groups in total. The molecule has 4 nitrogen and oxygen atoms in total. The Morgan fingerprint density at radius 2 is 2.15 bits per heavy atom. The lowest BCUT2D eigenvalue weighted by molar-refractivity contribution is 0.109. The molecule has 1 rings (SSSR count). The Labute approximate surface area is 125 Å². The summed E-state index contributed by atoms with van der Waals surface area (Å²) in [4.78, 5) is 7.12. The van der Waals surface area contributed by atoms with E-state index < -0.39 is 0 Å². The van der Waals surface area contributed by atoms with Gasteiger partial charge in [0.25, 0.3) is 0 Å². The zero-order valence-electron chi connectivity index (χ0n) is 14.0. The predicted molar refractivity (Wildman–Crippen MR) is 86.2 cm³/mol. The molecule has 1 saturated heterocycles. The van der Waals surface area contributed by atoms with Crippen LogP contribution in [0, 0.1) is 11.3 Å². The molecule has 0 saturated carbocycles. The third kappa shape index (κ3) is 6.60. The molecule has 0 amide bonds. The number of rotatable bonds is 7. The fourth-order valence-corrected chi connectivity index (χ4v) is 2.39. The van der Waals surface area contributed by atoms with Gasteiger partial charge in [0, 0.05) is 39.4 Å². The molecule has 1 fully saturated rings. The Bertz CT molecular complexity index is 300. The van der Waals surface area contributed by atoms with Gasteiger partial charge in [0.15, 0.2) is 5.96 Å². The van der Waals surface area contributed by atoms with Crippen LogP contribution in [0.4, 0.5) is 0 Å². The van der Waals surface area contributed by atoms with Crippen LogP contribution in [-0.4, -0.2) is 50.3 Å². The molecular formula is C16H33N3O. The lowest BCUT2D eigenvalue weighted by Gasteiger charge is -2.23. The quantitative estimate of drug-likeness (QED) is 0.443. The molecule has 0 aromatic rings. The van der Waals surface area contributed by atoms with Crippen molar-refractivity contribution in [1.82, 2.24) is 10.2 Å². The highest BCUT2D eigenvalue weighted by molar-refractivity contribution is 5.80. The van der Waals surface area contributed by atoms with E-state index >= 15 is 0 Å². The number of aliphatic imine (C=N–C) groups is 1. The van der Waals surface area contributed by atoms with Crippen LogP contribution in [0.15, 0.2) is 4.99 Å². The second-order valence-corrected chi connectivity index (χ2v) is 6.89. The van der Waals surface area contributed by atoms with Crippen LogP contribution < -0.4 is 5.32 Å². The summed E-state index contributed by atoms with van der Waals surface area (Å²) in [6.45, 7) is 16.8. The third-order valence-corrected chi connectivity index (χ3v) is 3.47. The van der Waals surface area contributed by atoms with E-state index in [2.05, 4.69) is 44.8 Å². The van der Waals surface area contributed by atoms with Gasteiger partial charge in [0.2, 0.25) is 0 Å². The van der Waals surface area contributed by atoms with Gasteiger partial charge in [0.1, 0.15) is 0 Å². The summed E-state index contributed by atoms with van der Waals surface area (Å²) < 4.78 is 5.59. The van der Waals surface area contributed by atoms with Crippen LogP contribution >= 0.6 is 0 Å². The van der Waals surface area contributed by atoms with Crippen LogP contribution in [0.3, 0.4) is 0 Å². The minimum absolute atomic E-state index is 0.413. The molecule has 118 valence electrons. The van der Waals surface area contributed by atoms with Crippen LogP contribution in [0.1, 0.15) is 47.5 Å². The molecule has 0 radical (unpaired) electrons. The predicted octanol–water partition coefficient (Wildman–Crippen LogP) is 2.75. The SMILES string of the molecule is CCNC(=NCCCOCC(C)C)N1CCC(C)(C)C1. The van der Waals surface area contributed by atoms with E-state index in [1.165, 1.54) is 6.42 Å². The molecule has 20 heavy (non-hydrogen) atoms. The van der Waals surface area contributed by atoms with E-state index in [0.717, 1.165) is 51.8 Å². The summed E-state index contributed by atoms with van der Waals surface area (Å²) in [6, 6.07) is 0. The summed E-state index contributed by atoms with van der Waals surface area (Å²) >= 11 is 0. The van der Waals surface area contributed by atoms with Crippen molar-refractivity contribution in [2.75, 3.05) is 39.4 Å². The summed E-state index contributed by atoms with van der Waals surface area (Å²) in [5.41, 5.74) is 0.413. The highest BCUT2D eigenvalue weighted by Gasteiger charge is 2.30. The maximum atomic E-state index is 5.59. The van der Waals surface area contributed by atoms with E-state index in [1.54, 1.807) is 0 Å². The molecule has 0 spiro atoms. The van der Waals surface area contributed by atoms with Gasteiger partial charge in [-0.1, -0.05) is 27.7 Å². The highest BCUT2D eigenvalue weighted by Crippen LogP contribution is 2.28. The van der Waals surface area contributed by atoms with Gasteiger partial charge < -0.3 is 15.0 Å². The largest absolute Gasteiger partial charge is 0.381 e. The van der Waals surface area contributed by atoms with Crippen molar-refractivity contribution in [3.63, 3.8) is 0 Å². The standard InChI is InChI=1S/C16H33N3O/c1-6-17-15(19-10-8-16(4,5)13-19)18-9-7-11-20-12-14(2)3/h14H,6-13H2,1-5H3,(H,17,18). The van der Waals surface area contributed by atoms with E-state index in [4.69, 9.17) is 9.73 Å². The molecule has 0 unspecified atom stereocenters. The van der Waals surface area contributed by atoms with Gasteiger partial charge in [-0.3, -0.25) is 4.99 Å². The molecule has 0 atom stereocenters. The van der Waals surface area contributed by atoms with Gasteiger partial charge >= 0.3 is 0 Å². The van der Waals surface area contributed by atoms with Crippen LogP contribution in [0.5, 0.6) is 0 Å². The summed E-state index contributed by atoms with van der Waals surface area (Å²) in [5.74, 6) is 1.68. The van der Waals surface area contributed by atoms with Gasteiger partial charge in [-0.25, -0.2) is 0 Å². The molecule has 1 aliphatic heterocycles. The monoisotopic (exact) mass is 283 g/mol. The molecule has 0 bridgehead atoms. The van der Waals surface area contributed by atoms with E-state index in [9.17, 15) is 0 Å². The third-order valence-electron chi connectivity index (χ3n) is 3.47. The fraction of sp³-hybridized carbons (Fsp3) is 0.938. The van der Waals surface area contributed by atoms with Gasteiger partial charge in [-0.15, -0.1) is 0 Å². The van der Waals surface area contributed by atoms with E-state index in [1.807, 2.05) is 0 Å². The van der Waals surface area contributed by atoms with Crippen molar-refractivity contribution in [2.24, 2.45) is 16.3 Å². The van der Waals surface area contributed by atoms with Crippen molar-refractivity contribution in [2.45, 2.75) is 47.5 Å². The molecule has 0 aliphatic carbocycles. The molecule has 1 aliphatic rings. The first-order chi connectivity index (χ1) is 9.44. The van der Waals surface area contributed by atoms with E-state index in [-0.39, 0.29) is 0 Å². The number of nitrogens with one attached hydrogen (secondary N) is 1. The number of likely N-dealkylation sites (tertiary alicyclic amines) is 1. The smallest absolute Gasteiger partial charge is 0.193 e. The average molecular weight is 283 g/mol. The first kappa shape index (κ1) is 17.3. The second kappa shape index (κ2) is 8.50. The number of guanidine groups is 1. The molecular weight excluding hydrogens is 250 g/mol. The maximum absolute atomic E-state index is 5.59. The van der Waals surface area contributed by atoms with Gasteiger partial charge in [0.05, 0.1) is 0 Å². The topological polar surface area (TPSA) is 36.9 Å². The Hall–Kier alpha value is -0.770. The van der Waals surface area contributed by atoms with Crippen molar-refractivity contribution >= 4 is 5.96 Å². The lowest BCUT2D eigenvalue weighted by Crippen LogP contribution is -2.40. The second-order valence-electron chi connectivity index (χ2n) is 6.89. The lowest BCUT2D eigenvalue weighted by atomic mass is 9.93. The Morgan fingerprint density at radius 1 is 1.40 bits per heavy atom. The summed E-state index contributed by atoms with van der Waals surface area (Å²) in [5, 5.41) is 3.41. The van der Waals surface area contributed by atoms with Crippen molar-refractivity contribution in [1.29, 1.82) is 0 Å². The fourth-order valence-electron chi connectivity index (χ4n) is 2.39. The van der Waals surface area contributed by atoms with Crippen molar-refractivity contribution < 1.29 is 4.74 Å². The number of hydrogen-bond donors (Lipinski definition) is 1. The van der Waals surface area contributed by atoms with Gasteiger partial charge in [-0.2, -0.15) is 0 Å². The normalized spacial score (nSPS) is 18.9. The van der Waals surface area contributed by atoms with Gasteiger partial charge in [-0.05, 0) is 31.1 Å². The number of hydrogen-bond acceptors (Lipinski definition) is 2. The molecule has 0 aromatic carbocycles. The summed E-state index contributed by atoms with van der Waals surface area (Å²) in [7, 11) is 0. The van der Waals surface area contributed by atoms with Crippen LogP contribution in [0.25, 0.3) is 0 Å². The Kier molecular flexibility index (Phi) is 7.35. The Morgan fingerprint density at radius 3 is 2.70 bits per heavy atom. The molecule has 0 aromatic heterocycles. The minimum atomic E-state index is 0.413. The minimum Gasteiger partial charge on any atom is -0.381 e. The average Bonchev–Trinajstić information content (AvgIpc) is 2.72. The zero-order chi connectivity index (χ0) is 15.0. The first-order valence-corrected chi connectivity index (χ1v) is 8.05.